The van der Waals surface area contributed by atoms with Crippen LogP contribution in [0.1, 0.15) is 0 Å². The number of halogens is 2. The van der Waals surface area contributed by atoms with Gasteiger partial charge in [0.15, 0.2) is 0 Å². The van der Waals surface area contributed by atoms with Crippen LogP contribution >= 0.6 is 0 Å². The number of carbonyl (C=O) groups excluding carboxylic acids is 1. The summed E-state index contributed by atoms with van der Waals surface area (Å²) in [6.07, 6.45) is 1.44. The second-order valence-electron chi connectivity index (χ2n) is 4.29. The van der Waals surface area contributed by atoms with Gasteiger partial charge < -0.3 is 5.32 Å². The topological polar surface area (TPSA) is 59.0 Å². The van der Waals surface area contributed by atoms with Gasteiger partial charge in [0, 0.05) is 6.07 Å². The van der Waals surface area contributed by atoms with Gasteiger partial charge in [-0.2, -0.15) is 0 Å². The fraction of sp³-hybridized carbons (Fsp3) is 0. The number of hydrogen-bond donors (Lipinski definition) is 2. The molecule has 3 aromatic rings. The zero-order chi connectivity index (χ0) is 14.8. The predicted octanol–water partition coefficient (Wildman–Crippen LogP) is 3.09. The Morgan fingerprint density at radius 3 is 2.76 bits per heavy atom. The second kappa shape index (κ2) is 5.20. The highest BCUT2D eigenvalue weighted by molar-refractivity contribution is 5.96. The molecule has 0 unspecified atom stereocenters. The van der Waals surface area contributed by atoms with Crippen molar-refractivity contribution in [1.82, 2.24) is 9.66 Å². The zero-order valence-corrected chi connectivity index (χ0v) is 10.7. The Hall–Kier alpha value is -2.96. The third kappa shape index (κ3) is 2.66. The fourth-order valence-electron chi connectivity index (χ4n) is 1.90. The van der Waals surface area contributed by atoms with Crippen LogP contribution in [0, 0.1) is 11.6 Å². The van der Waals surface area contributed by atoms with E-state index in [-0.39, 0.29) is 5.69 Å². The molecule has 1 heterocycles. The third-order valence-corrected chi connectivity index (χ3v) is 2.85. The maximum absolute atomic E-state index is 13.4. The van der Waals surface area contributed by atoms with Crippen LogP contribution in [0.3, 0.4) is 0 Å². The van der Waals surface area contributed by atoms with Crippen molar-refractivity contribution in [3.05, 3.63) is 60.4 Å². The summed E-state index contributed by atoms with van der Waals surface area (Å²) in [5.41, 5.74) is 3.80. The molecule has 7 heteroatoms. The molecule has 106 valence electrons. The minimum atomic E-state index is -0.847. The van der Waals surface area contributed by atoms with Crippen LogP contribution < -0.4 is 10.7 Å². The zero-order valence-electron chi connectivity index (χ0n) is 10.7. The lowest BCUT2D eigenvalue weighted by Crippen LogP contribution is -2.27. The first-order valence-electron chi connectivity index (χ1n) is 6.08. The van der Waals surface area contributed by atoms with Crippen molar-refractivity contribution in [2.45, 2.75) is 0 Å². The Bertz CT molecular complexity index is 816. The van der Waals surface area contributed by atoms with E-state index in [4.69, 9.17) is 0 Å². The van der Waals surface area contributed by atoms with Crippen molar-refractivity contribution in [2.75, 3.05) is 10.7 Å². The number of fused-ring (bicyclic) bond motifs is 1. The highest BCUT2D eigenvalue weighted by atomic mass is 19.1. The number of hydrogen-bond acceptors (Lipinski definition) is 2. The average Bonchev–Trinajstić information content (AvgIpc) is 2.85. The smallest absolute Gasteiger partial charge is 0.304 e. The molecule has 0 aliphatic heterocycles. The largest absolute Gasteiger partial charge is 0.338 e. The summed E-state index contributed by atoms with van der Waals surface area (Å²) in [6.45, 7) is 0. The Morgan fingerprint density at radius 2 is 1.95 bits per heavy atom. The molecule has 3 rings (SSSR count). The molecule has 0 fully saturated rings. The standard InChI is InChI=1S/C14H10F2N4O/c15-9-5-6-11(10(16)7-9)18-14(21)19-20-8-17-12-3-1-2-4-13(12)20/h1-8H,(H2,18,19,21). The van der Waals surface area contributed by atoms with Crippen molar-refractivity contribution in [3.63, 3.8) is 0 Å². The molecule has 21 heavy (non-hydrogen) atoms. The summed E-state index contributed by atoms with van der Waals surface area (Å²) in [4.78, 5) is 15.9. The molecule has 0 atom stereocenters. The number of benzene rings is 2. The van der Waals surface area contributed by atoms with E-state index < -0.39 is 17.7 Å². The molecule has 0 spiro atoms. The van der Waals surface area contributed by atoms with Gasteiger partial charge in [-0.25, -0.2) is 28.7 Å². The number of anilines is 1. The summed E-state index contributed by atoms with van der Waals surface area (Å²) in [7, 11) is 0. The monoisotopic (exact) mass is 288 g/mol. The summed E-state index contributed by atoms with van der Waals surface area (Å²) in [5.74, 6) is -1.56. The van der Waals surface area contributed by atoms with Crippen molar-refractivity contribution in [2.24, 2.45) is 0 Å². The second-order valence-corrected chi connectivity index (χ2v) is 4.29. The average molecular weight is 288 g/mol. The van der Waals surface area contributed by atoms with E-state index in [0.29, 0.717) is 17.1 Å². The van der Waals surface area contributed by atoms with E-state index in [1.165, 1.54) is 11.0 Å². The van der Waals surface area contributed by atoms with E-state index in [0.717, 1.165) is 12.1 Å². The summed E-state index contributed by atoms with van der Waals surface area (Å²) < 4.78 is 27.6. The van der Waals surface area contributed by atoms with Crippen LogP contribution in [-0.2, 0) is 0 Å². The number of nitrogens with zero attached hydrogens (tertiary/aromatic N) is 2. The molecule has 2 amide bonds. The molecule has 2 N–H and O–H groups in total. The lowest BCUT2D eigenvalue weighted by atomic mass is 10.3. The third-order valence-electron chi connectivity index (χ3n) is 2.85. The van der Waals surface area contributed by atoms with Crippen LogP contribution in [0.15, 0.2) is 48.8 Å². The lowest BCUT2D eigenvalue weighted by molar-refractivity contribution is 0.260. The molecular formula is C14H10F2N4O. The summed E-state index contributed by atoms with van der Waals surface area (Å²) in [5, 5.41) is 2.30. The first-order chi connectivity index (χ1) is 10.1. The highest BCUT2D eigenvalue weighted by Gasteiger charge is 2.09. The van der Waals surface area contributed by atoms with Gasteiger partial charge in [-0.15, -0.1) is 0 Å². The number of aromatic nitrogens is 2. The number of amides is 2. The van der Waals surface area contributed by atoms with E-state index in [9.17, 15) is 13.6 Å². The van der Waals surface area contributed by atoms with Gasteiger partial charge in [-0.1, -0.05) is 12.1 Å². The summed E-state index contributed by atoms with van der Waals surface area (Å²) >= 11 is 0. The van der Waals surface area contributed by atoms with Crippen LogP contribution in [0.2, 0.25) is 0 Å². The molecule has 0 bridgehead atoms. The van der Waals surface area contributed by atoms with Crippen molar-refractivity contribution in [1.29, 1.82) is 0 Å². The number of para-hydroxylation sites is 2. The van der Waals surface area contributed by atoms with Crippen molar-refractivity contribution >= 4 is 22.8 Å². The normalized spacial score (nSPS) is 10.6. The van der Waals surface area contributed by atoms with Gasteiger partial charge in [-0.3, -0.25) is 0 Å². The Balaban J connectivity index is 1.77. The van der Waals surface area contributed by atoms with Crippen LogP contribution in [0.25, 0.3) is 11.0 Å². The Kier molecular flexibility index (Phi) is 3.23. The first kappa shape index (κ1) is 13.0. The SMILES string of the molecule is O=C(Nc1ccc(F)cc1F)Nn1cnc2ccccc21. The molecule has 0 radical (unpaired) electrons. The van der Waals surface area contributed by atoms with E-state index >= 15 is 0 Å². The molecule has 0 saturated carbocycles. The minimum absolute atomic E-state index is 0.113. The number of nitrogens with one attached hydrogen (secondary N) is 2. The van der Waals surface area contributed by atoms with Crippen LogP contribution in [0.5, 0.6) is 0 Å². The van der Waals surface area contributed by atoms with E-state index in [2.05, 4.69) is 15.7 Å². The maximum Gasteiger partial charge on any atom is 0.338 e. The van der Waals surface area contributed by atoms with Gasteiger partial charge in [0.1, 0.15) is 18.0 Å². The number of carbonyl (C=O) groups is 1. The van der Waals surface area contributed by atoms with Crippen LogP contribution in [0.4, 0.5) is 19.3 Å². The van der Waals surface area contributed by atoms with Gasteiger partial charge in [0.2, 0.25) is 0 Å². The molecular weight excluding hydrogens is 278 g/mol. The quantitative estimate of drug-likeness (QED) is 0.761. The Morgan fingerprint density at radius 1 is 1.14 bits per heavy atom. The minimum Gasteiger partial charge on any atom is -0.304 e. The maximum atomic E-state index is 13.4. The lowest BCUT2D eigenvalue weighted by Gasteiger charge is -2.09. The number of urea groups is 1. The molecule has 2 aromatic carbocycles. The van der Waals surface area contributed by atoms with E-state index in [1.54, 1.807) is 18.2 Å². The van der Waals surface area contributed by atoms with Gasteiger partial charge in [0.25, 0.3) is 0 Å². The van der Waals surface area contributed by atoms with Crippen molar-refractivity contribution in [3.8, 4) is 0 Å². The predicted molar refractivity (Wildman–Crippen MR) is 74.5 cm³/mol. The molecule has 0 saturated heterocycles. The van der Waals surface area contributed by atoms with Gasteiger partial charge in [-0.05, 0) is 24.3 Å². The van der Waals surface area contributed by atoms with Gasteiger partial charge >= 0.3 is 6.03 Å². The highest BCUT2D eigenvalue weighted by Crippen LogP contribution is 2.15. The van der Waals surface area contributed by atoms with Crippen molar-refractivity contribution < 1.29 is 13.6 Å². The molecule has 0 aliphatic rings. The van der Waals surface area contributed by atoms with E-state index in [1.807, 2.05) is 6.07 Å². The van der Waals surface area contributed by atoms with Gasteiger partial charge in [0.05, 0.1) is 16.7 Å². The molecule has 5 nitrogen and oxygen atoms in total. The Labute approximate surface area is 118 Å². The summed E-state index contributed by atoms with van der Waals surface area (Å²) in [6, 6.07) is 9.45. The van der Waals surface area contributed by atoms with Crippen LogP contribution in [-0.4, -0.2) is 15.7 Å². The molecule has 0 aliphatic carbocycles. The number of imidazole rings is 1. The molecule has 1 aromatic heterocycles. The fourth-order valence-corrected chi connectivity index (χ4v) is 1.90. The number of rotatable bonds is 2. The first-order valence-corrected chi connectivity index (χ1v) is 6.08.